The minimum atomic E-state index is -0.647. The number of nitrogens with zero attached hydrogens (tertiary/aromatic N) is 2. The number of aromatic nitrogens is 2. The zero-order chi connectivity index (χ0) is 16.1. The topological polar surface area (TPSA) is 75.1 Å². The Hall–Kier alpha value is -1.98. The zero-order valence-corrected chi connectivity index (χ0v) is 13.3. The molecule has 0 fully saturated rings. The highest BCUT2D eigenvalue weighted by Crippen LogP contribution is 2.18. The molecule has 0 spiro atoms. The van der Waals surface area contributed by atoms with Crippen LogP contribution in [0.5, 0.6) is 0 Å². The van der Waals surface area contributed by atoms with Gasteiger partial charge in [0.2, 0.25) is 0 Å². The smallest absolute Gasteiger partial charge is 0.270 e. The van der Waals surface area contributed by atoms with Crippen LogP contribution in [-0.2, 0) is 0 Å². The molecule has 0 aliphatic carbocycles. The lowest BCUT2D eigenvalue weighted by molar-refractivity contribution is 0.0936. The van der Waals surface area contributed by atoms with Crippen LogP contribution in [0.4, 0.5) is 0 Å². The van der Waals surface area contributed by atoms with E-state index in [9.17, 15) is 9.90 Å². The first-order chi connectivity index (χ1) is 10.5. The number of carbonyl (C=O) groups excluding carboxylic acids is 1. The van der Waals surface area contributed by atoms with Crippen molar-refractivity contribution < 1.29 is 9.90 Å². The maximum atomic E-state index is 12.1. The first-order valence-electron chi connectivity index (χ1n) is 6.99. The van der Waals surface area contributed by atoms with Gasteiger partial charge in [-0.15, -0.1) is 0 Å². The molecule has 6 heteroatoms. The molecule has 2 rings (SSSR count). The Morgan fingerprint density at radius 3 is 2.68 bits per heavy atom. The standard InChI is InChI=1S/C16H18ClN3O2/c1-10-9-19-11(2)20-15(10)16(22)18-8-7-14(21)12-3-5-13(17)6-4-12/h3-6,9,14,21H,7-8H2,1-2H3,(H,18,22)/t14-/m1/s1. The minimum absolute atomic E-state index is 0.258. The van der Waals surface area contributed by atoms with Gasteiger partial charge >= 0.3 is 0 Å². The van der Waals surface area contributed by atoms with Gasteiger partial charge in [-0.25, -0.2) is 9.97 Å². The van der Waals surface area contributed by atoms with Crippen LogP contribution in [0.1, 0.15) is 40.0 Å². The number of halogens is 1. The Bertz CT molecular complexity index is 659. The molecule has 1 amide bonds. The van der Waals surface area contributed by atoms with Gasteiger partial charge in [-0.05, 0) is 43.5 Å². The van der Waals surface area contributed by atoms with E-state index < -0.39 is 6.10 Å². The molecule has 1 heterocycles. The summed E-state index contributed by atoms with van der Waals surface area (Å²) in [5, 5.41) is 13.5. The van der Waals surface area contributed by atoms with E-state index in [2.05, 4.69) is 15.3 Å². The summed E-state index contributed by atoms with van der Waals surface area (Å²) in [5.74, 6) is 0.295. The van der Waals surface area contributed by atoms with E-state index in [1.165, 1.54) is 0 Å². The second-order valence-corrected chi connectivity index (χ2v) is 5.50. The van der Waals surface area contributed by atoms with Gasteiger partial charge in [-0.1, -0.05) is 23.7 Å². The van der Waals surface area contributed by atoms with E-state index >= 15 is 0 Å². The largest absolute Gasteiger partial charge is 0.388 e. The molecule has 1 atom stereocenters. The Labute approximate surface area is 134 Å². The number of aliphatic hydroxyl groups excluding tert-OH is 1. The fourth-order valence-electron chi connectivity index (χ4n) is 2.02. The third-order valence-electron chi connectivity index (χ3n) is 3.27. The Balaban J connectivity index is 1.89. The molecule has 0 unspecified atom stereocenters. The Morgan fingerprint density at radius 2 is 2.00 bits per heavy atom. The number of aryl methyl sites for hydroxylation is 2. The normalized spacial score (nSPS) is 12.0. The van der Waals surface area contributed by atoms with E-state index in [-0.39, 0.29) is 5.91 Å². The number of hydrogen-bond acceptors (Lipinski definition) is 4. The second-order valence-electron chi connectivity index (χ2n) is 5.06. The van der Waals surface area contributed by atoms with E-state index in [0.29, 0.717) is 29.5 Å². The molecule has 0 aliphatic rings. The van der Waals surface area contributed by atoms with Gasteiger partial charge in [0.15, 0.2) is 0 Å². The maximum Gasteiger partial charge on any atom is 0.270 e. The average Bonchev–Trinajstić information content (AvgIpc) is 2.50. The van der Waals surface area contributed by atoms with Gasteiger partial charge in [0.25, 0.3) is 5.91 Å². The predicted molar refractivity (Wildman–Crippen MR) is 84.9 cm³/mol. The molecule has 0 saturated heterocycles. The van der Waals surface area contributed by atoms with Crippen molar-refractivity contribution in [3.8, 4) is 0 Å². The zero-order valence-electron chi connectivity index (χ0n) is 12.5. The summed E-state index contributed by atoms with van der Waals surface area (Å²) in [6.07, 6.45) is 1.39. The number of amides is 1. The molecule has 2 aromatic rings. The third-order valence-corrected chi connectivity index (χ3v) is 3.52. The molecule has 1 aromatic carbocycles. The van der Waals surface area contributed by atoms with Crippen molar-refractivity contribution in [1.29, 1.82) is 0 Å². The number of rotatable bonds is 5. The van der Waals surface area contributed by atoms with E-state index in [1.807, 2.05) is 0 Å². The second kappa shape index (κ2) is 7.33. The Kier molecular flexibility index (Phi) is 5.46. The molecule has 0 aliphatic heterocycles. The van der Waals surface area contributed by atoms with Gasteiger partial charge in [0.1, 0.15) is 11.5 Å². The number of carbonyl (C=O) groups is 1. The van der Waals surface area contributed by atoms with Crippen LogP contribution >= 0.6 is 11.6 Å². The summed E-state index contributed by atoms with van der Waals surface area (Å²) < 4.78 is 0. The molecule has 116 valence electrons. The molecule has 1 aromatic heterocycles. The lowest BCUT2D eigenvalue weighted by atomic mass is 10.1. The Morgan fingerprint density at radius 1 is 1.32 bits per heavy atom. The number of hydrogen-bond donors (Lipinski definition) is 2. The lowest BCUT2D eigenvalue weighted by Crippen LogP contribution is -2.27. The SMILES string of the molecule is Cc1ncc(C)c(C(=O)NCC[C@@H](O)c2ccc(Cl)cc2)n1. The molecular formula is C16H18ClN3O2. The minimum Gasteiger partial charge on any atom is -0.388 e. The van der Waals surface area contributed by atoms with Crippen LogP contribution in [0.3, 0.4) is 0 Å². The van der Waals surface area contributed by atoms with Gasteiger partial charge in [-0.3, -0.25) is 4.79 Å². The van der Waals surface area contributed by atoms with Crippen LogP contribution in [0, 0.1) is 13.8 Å². The van der Waals surface area contributed by atoms with Crippen molar-refractivity contribution in [3.05, 3.63) is 58.1 Å². The first-order valence-corrected chi connectivity index (χ1v) is 7.37. The highest BCUT2D eigenvalue weighted by molar-refractivity contribution is 6.30. The highest BCUT2D eigenvalue weighted by atomic mass is 35.5. The number of nitrogens with one attached hydrogen (secondary N) is 1. The molecular weight excluding hydrogens is 302 g/mol. The molecule has 0 radical (unpaired) electrons. The summed E-state index contributed by atoms with van der Waals surface area (Å²) in [7, 11) is 0. The molecule has 5 nitrogen and oxygen atoms in total. The first kappa shape index (κ1) is 16.4. The van der Waals surface area contributed by atoms with Crippen molar-refractivity contribution in [1.82, 2.24) is 15.3 Å². The predicted octanol–water partition coefficient (Wildman–Crippen LogP) is 2.60. The van der Waals surface area contributed by atoms with E-state index in [4.69, 9.17) is 11.6 Å². The van der Waals surface area contributed by atoms with Crippen molar-refractivity contribution in [2.24, 2.45) is 0 Å². The third kappa shape index (κ3) is 4.26. The highest BCUT2D eigenvalue weighted by Gasteiger charge is 2.13. The fraction of sp³-hybridized carbons (Fsp3) is 0.312. The van der Waals surface area contributed by atoms with Crippen LogP contribution in [0.2, 0.25) is 5.02 Å². The van der Waals surface area contributed by atoms with Crippen LogP contribution in [0.25, 0.3) is 0 Å². The molecule has 2 N–H and O–H groups in total. The van der Waals surface area contributed by atoms with Crippen LogP contribution in [0.15, 0.2) is 30.5 Å². The van der Waals surface area contributed by atoms with Gasteiger partial charge in [0.05, 0.1) is 6.10 Å². The molecule has 0 saturated carbocycles. The summed E-state index contributed by atoms with van der Waals surface area (Å²) in [4.78, 5) is 20.3. The van der Waals surface area contributed by atoms with Crippen LogP contribution < -0.4 is 5.32 Å². The van der Waals surface area contributed by atoms with E-state index in [1.54, 1.807) is 44.3 Å². The summed E-state index contributed by atoms with van der Waals surface area (Å²) >= 11 is 5.81. The monoisotopic (exact) mass is 319 g/mol. The van der Waals surface area contributed by atoms with Crippen LogP contribution in [-0.4, -0.2) is 27.5 Å². The van der Waals surface area contributed by atoms with Crippen molar-refractivity contribution >= 4 is 17.5 Å². The van der Waals surface area contributed by atoms with Crippen molar-refractivity contribution in [2.75, 3.05) is 6.54 Å². The maximum absolute atomic E-state index is 12.1. The van der Waals surface area contributed by atoms with Crippen molar-refractivity contribution in [2.45, 2.75) is 26.4 Å². The quantitative estimate of drug-likeness (QED) is 0.888. The number of benzene rings is 1. The number of aliphatic hydroxyl groups is 1. The van der Waals surface area contributed by atoms with Crippen molar-refractivity contribution in [3.63, 3.8) is 0 Å². The summed E-state index contributed by atoms with van der Waals surface area (Å²) in [6.45, 7) is 3.88. The summed E-state index contributed by atoms with van der Waals surface area (Å²) in [6, 6.07) is 7.00. The lowest BCUT2D eigenvalue weighted by Gasteiger charge is -2.12. The summed E-state index contributed by atoms with van der Waals surface area (Å²) in [5.41, 5.74) is 1.86. The van der Waals surface area contributed by atoms with Gasteiger partial charge in [0, 0.05) is 17.8 Å². The van der Waals surface area contributed by atoms with Gasteiger partial charge < -0.3 is 10.4 Å². The van der Waals surface area contributed by atoms with E-state index in [0.717, 1.165) is 11.1 Å². The fourth-order valence-corrected chi connectivity index (χ4v) is 2.14. The van der Waals surface area contributed by atoms with Gasteiger partial charge in [-0.2, -0.15) is 0 Å². The molecule has 0 bridgehead atoms. The average molecular weight is 320 g/mol. The molecule has 22 heavy (non-hydrogen) atoms.